The van der Waals surface area contributed by atoms with Gasteiger partial charge in [-0.15, -0.1) is 21.5 Å². The first-order chi connectivity index (χ1) is 12.8. The SMILES string of the molecule is N#C/C=C(\c1cccc(C#Cc2nc(C3CCC3)cs2)c1)c1nn[nH]n1. The van der Waals surface area contributed by atoms with E-state index in [1.54, 1.807) is 11.3 Å². The molecule has 0 aliphatic heterocycles. The van der Waals surface area contributed by atoms with E-state index < -0.39 is 0 Å². The average molecular weight is 358 g/mol. The molecule has 0 spiro atoms. The molecule has 0 atom stereocenters. The van der Waals surface area contributed by atoms with Gasteiger partial charge in [0, 0.05) is 28.5 Å². The summed E-state index contributed by atoms with van der Waals surface area (Å²) in [6.07, 6.45) is 5.18. The Morgan fingerprint density at radius 1 is 1.31 bits per heavy atom. The number of aromatic amines is 1. The van der Waals surface area contributed by atoms with Gasteiger partial charge >= 0.3 is 0 Å². The number of tetrazole rings is 1. The molecule has 1 saturated carbocycles. The van der Waals surface area contributed by atoms with Crippen molar-refractivity contribution in [2.75, 3.05) is 0 Å². The summed E-state index contributed by atoms with van der Waals surface area (Å²) in [5, 5.41) is 25.9. The summed E-state index contributed by atoms with van der Waals surface area (Å²) in [5.74, 6) is 7.30. The summed E-state index contributed by atoms with van der Waals surface area (Å²) >= 11 is 1.59. The highest BCUT2D eigenvalue weighted by molar-refractivity contribution is 7.10. The zero-order chi connectivity index (χ0) is 17.8. The van der Waals surface area contributed by atoms with E-state index >= 15 is 0 Å². The first-order valence-electron chi connectivity index (χ1n) is 8.25. The van der Waals surface area contributed by atoms with Crippen molar-refractivity contribution in [1.29, 1.82) is 5.26 Å². The molecular weight excluding hydrogens is 344 g/mol. The molecule has 0 radical (unpaired) electrons. The van der Waals surface area contributed by atoms with Crippen LogP contribution >= 0.6 is 11.3 Å². The Kier molecular flexibility index (Phi) is 4.55. The second kappa shape index (κ2) is 7.30. The molecule has 1 aliphatic carbocycles. The van der Waals surface area contributed by atoms with Gasteiger partial charge in [-0.1, -0.05) is 24.5 Å². The lowest BCUT2D eigenvalue weighted by molar-refractivity contribution is 0.412. The van der Waals surface area contributed by atoms with Crippen molar-refractivity contribution >= 4 is 16.9 Å². The zero-order valence-corrected chi connectivity index (χ0v) is 14.6. The molecule has 3 aromatic rings. The highest BCUT2D eigenvalue weighted by Gasteiger charge is 2.21. The first kappa shape index (κ1) is 16.2. The molecule has 1 N–H and O–H groups in total. The standard InChI is InChI=1S/C19H14N6S/c20-10-9-16(19-22-24-25-23-19)15-6-1-3-13(11-15)7-8-18-21-17(12-26-18)14-4-2-5-14/h1,3,6,9,11-12,14H,2,4-5H2,(H,22,23,24,25)/b16-9+. The van der Waals surface area contributed by atoms with Gasteiger partial charge in [0.2, 0.25) is 5.82 Å². The van der Waals surface area contributed by atoms with Gasteiger partial charge in [-0.3, -0.25) is 0 Å². The Balaban J connectivity index is 1.59. The number of hydrogen-bond acceptors (Lipinski definition) is 6. The van der Waals surface area contributed by atoms with Gasteiger partial charge in [0.1, 0.15) is 0 Å². The van der Waals surface area contributed by atoms with E-state index in [1.165, 1.54) is 31.0 Å². The van der Waals surface area contributed by atoms with Crippen LogP contribution in [-0.2, 0) is 0 Å². The van der Waals surface area contributed by atoms with Crippen LogP contribution in [0.2, 0.25) is 0 Å². The monoisotopic (exact) mass is 358 g/mol. The third-order valence-electron chi connectivity index (χ3n) is 4.33. The minimum absolute atomic E-state index is 0.377. The van der Waals surface area contributed by atoms with E-state index in [9.17, 15) is 0 Å². The van der Waals surface area contributed by atoms with Crippen molar-refractivity contribution < 1.29 is 0 Å². The third kappa shape index (κ3) is 3.39. The largest absolute Gasteiger partial charge is 0.232 e. The van der Waals surface area contributed by atoms with Crippen LogP contribution in [-0.4, -0.2) is 25.6 Å². The van der Waals surface area contributed by atoms with E-state index in [-0.39, 0.29) is 0 Å². The second-order valence-corrected chi connectivity index (χ2v) is 6.82. The van der Waals surface area contributed by atoms with E-state index in [0.29, 0.717) is 17.3 Å². The lowest BCUT2D eigenvalue weighted by Gasteiger charge is -2.22. The maximum Gasteiger partial charge on any atom is 0.205 e. The Bertz CT molecular complexity index is 1040. The van der Waals surface area contributed by atoms with E-state index in [4.69, 9.17) is 5.26 Å². The highest BCUT2D eigenvalue weighted by atomic mass is 32.1. The summed E-state index contributed by atoms with van der Waals surface area (Å²) in [7, 11) is 0. The lowest BCUT2D eigenvalue weighted by Crippen LogP contribution is -2.08. The quantitative estimate of drug-likeness (QED) is 0.573. The average Bonchev–Trinajstić information content (AvgIpc) is 3.29. The number of allylic oxidation sites excluding steroid dienone is 1. The number of nitrogens with one attached hydrogen (secondary N) is 1. The second-order valence-electron chi connectivity index (χ2n) is 5.96. The number of nitriles is 1. The molecule has 4 rings (SSSR count). The fraction of sp³-hybridized carbons (Fsp3) is 0.211. The van der Waals surface area contributed by atoms with Gasteiger partial charge in [-0.05, 0) is 41.7 Å². The van der Waals surface area contributed by atoms with Crippen LogP contribution in [0.1, 0.15) is 52.8 Å². The van der Waals surface area contributed by atoms with Crippen LogP contribution in [0.4, 0.5) is 0 Å². The van der Waals surface area contributed by atoms with Crippen LogP contribution < -0.4 is 0 Å². The smallest absolute Gasteiger partial charge is 0.205 e. The molecule has 0 unspecified atom stereocenters. The summed E-state index contributed by atoms with van der Waals surface area (Å²) in [6, 6.07) is 9.65. The molecule has 1 aromatic carbocycles. The van der Waals surface area contributed by atoms with Crippen molar-refractivity contribution in [2.45, 2.75) is 25.2 Å². The summed E-state index contributed by atoms with van der Waals surface area (Å²) < 4.78 is 0. The van der Waals surface area contributed by atoms with E-state index in [1.807, 2.05) is 30.3 Å². The predicted molar refractivity (Wildman–Crippen MR) is 98.0 cm³/mol. The van der Waals surface area contributed by atoms with Crippen LogP contribution in [0.15, 0.2) is 35.7 Å². The van der Waals surface area contributed by atoms with Crippen molar-refractivity contribution in [3.8, 4) is 17.9 Å². The van der Waals surface area contributed by atoms with Gasteiger partial charge in [-0.25, -0.2) is 4.98 Å². The lowest BCUT2D eigenvalue weighted by atomic mass is 9.83. The van der Waals surface area contributed by atoms with Crippen molar-refractivity contribution in [1.82, 2.24) is 25.6 Å². The van der Waals surface area contributed by atoms with Gasteiger partial charge in [0.15, 0.2) is 5.01 Å². The molecule has 26 heavy (non-hydrogen) atoms. The van der Waals surface area contributed by atoms with Gasteiger partial charge in [0.25, 0.3) is 0 Å². The highest BCUT2D eigenvalue weighted by Crippen LogP contribution is 2.36. The predicted octanol–water partition coefficient (Wildman–Crippen LogP) is 3.28. The summed E-state index contributed by atoms with van der Waals surface area (Å²) in [4.78, 5) is 4.63. The molecular formula is C19H14N6S. The topological polar surface area (TPSA) is 91.1 Å². The normalized spacial score (nSPS) is 14.2. The summed E-state index contributed by atoms with van der Waals surface area (Å²) in [6.45, 7) is 0. The molecule has 7 heteroatoms. The van der Waals surface area contributed by atoms with E-state index in [2.05, 4.69) is 42.8 Å². The third-order valence-corrected chi connectivity index (χ3v) is 5.10. The maximum atomic E-state index is 9.04. The molecule has 126 valence electrons. The van der Waals surface area contributed by atoms with Crippen LogP contribution in [0, 0.1) is 23.2 Å². The van der Waals surface area contributed by atoms with Crippen molar-refractivity contribution in [3.05, 3.63) is 63.4 Å². The minimum atomic E-state index is 0.377. The minimum Gasteiger partial charge on any atom is -0.232 e. The maximum absolute atomic E-state index is 9.04. The zero-order valence-electron chi connectivity index (χ0n) is 13.8. The number of hydrogen-bond donors (Lipinski definition) is 1. The number of rotatable bonds is 3. The van der Waals surface area contributed by atoms with Gasteiger partial charge in [0.05, 0.1) is 11.8 Å². The molecule has 6 nitrogen and oxygen atoms in total. The van der Waals surface area contributed by atoms with Crippen LogP contribution in [0.3, 0.4) is 0 Å². The summed E-state index contributed by atoms with van der Waals surface area (Å²) in [5.41, 5.74) is 3.44. The number of thiazole rings is 1. The number of H-pyrrole nitrogens is 1. The fourth-order valence-electron chi connectivity index (χ4n) is 2.74. The first-order valence-corrected chi connectivity index (χ1v) is 9.13. The Morgan fingerprint density at radius 2 is 2.23 bits per heavy atom. The molecule has 0 amide bonds. The van der Waals surface area contributed by atoms with Crippen molar-refractivity contribution in [3.63, 3.8) is 0 Å². The molecule has 2 aromatic heterocycles. The Labute approximate surface area is 154 Å². The van der Waals surface area contributed by atoms with Gasteiger partial charge in [-0.2, -0.15) is 10.5 Å². The van der Waals surface area contributed by atoms with Gasteiger partial charge < -0.3 is 0 Å². The molecule has 1 aliphatic rings. The van der Waals surface area contributed by atoms with Crippen LogP contribution in [0.25, 0.3) is 5.57 Å². The molecule has 1 fully saturated rings. The Morgan fingerprint density at radius 3 is 2.96 bits per heavy atom. The Hall–Kier alpha value is -3.29. The molecule has 0 bridgehead atoms. The number of nitrogens with zero attached hydrogens (tertiary/aromatic N) is 5. The van der Waals surface area contributed by atoms with Crippen LogP contribution in [0.5, 0.6) is 0 Å². The van der Waals surface area contributed by atoms with E-state index in [0.717, 1.165) is 16.1 Å². The van der Waals surface area contributed by atoms with Crippen molar-refractivity contribution in [2.24, 2.45) is 0 Å². The fourth-order valence-corrected chi connectivity index (χ4v) is 3.49. The number of aromatic nitrogens is 5. The number of benzene rings is 1. The molecule has 2 heterocycles. The molecule has 0 saturated heterocycles.